The van der Waals surface area contributed by atoms with Gasteiger partial charge in [0.05, 0.1) is 0 Å². The van der Waals surface area contributed by atoms with Gasteiger partial charge < -0.3 is 9.64 Å². The number of para-hydroxylation sites is 1. The summed E-state index contributed by atoms with van der Waals surface area (Å²) in [6.07, 6.45) is 0. The number of carbonyl (C=O) groups excluding carboxylic acids is 1. The van der Waals surface area contributed by atoms with Crippen LogP contribution in [0, 0.1) is 5.82 Å². The number of amides is 1. The maximum absolute atomic E-state index is 13.5. The van der Waals surface area contributed by atoms with Crippen molar-refractivity contribution in [3.8, 4) is 5.75 Å². The summed E-state index contributed by atoms with van der Waals surface area (Å²) in [5.74, 6) is 0.0315. The Morgan fingerprint density at radius 3 is 2.33 bits per heavy atom. The molecule has 1 aliphatic heterocycles. The van der Waals surface area contributed by atoms with Crippen molar-refractivity contribution >= 4 is 5.91 Å². The number of halogens is 1. The molecule has 2 aromatic rings. The Morgan fingerprint density at radius 1 is 0.958 bits per heavy atom. The van der Waals surface area contributed by atoms with Gasteiger partial charge in [-0.2, -0.15) is 0 Å². The number of carbonyl (C=O) groups is 1. The molecular weight excluding hydrogens is 307 g/mol. The maximum atomic E-state index is 13.5. The van der Waals surface area contributed by atoms with Gasteiger partial charge in [-0.1, -0.05) is 30.3 Å². The molecule has 5 heteroatoms. The molecule has 2 aromatic carbocycles. The summed E-state index contributed by atoms with van der Waals surface area (Å²) in [6.45, 7) is 4.18. The van der Waals surface area contributed by atoms with E-state index in [0.29, 0.717) is 19.7 Å². The fourth-order valence-electron chi connectivity index (χ4n) is 2.78. The number of piperazine rings is 1. The Labute approximate surface area is 141 Å². The fourth-order valence-corrected chi connectivity index (χ4v) is 2.78. The molecule has 0 atom stereocenters. The van der Waals surface area contributed by atoms with Crippen molar-refractivity contribution in [1.82, 2.24) is 9.80 Å². The predicted molar refractivity (Wildman–Crippen MR) is 90.7 cm³/mol. The minimum Gasteiger partial charge on any atom is -0.489 e. The lowest BCUT2D eigenvalue weighted by Crippen LogP contribution is -2.49. The number of hydrogen-bond acceptors (Lipinski definition) is 3. The smallest absolute Gasteiger partial charge is 0.253 e. The second kappa shape index (κ2) is 7.93. The molecule has 0 N–H and O–H groups in total. The lowest BCUT2D eigenvalue weighted by Gasteiger charge is -2.34. The van der Waals surface area contributed by atoms with Crippen LogP contribution in [0.1, 0.15) is 10.4 Å². The van der Waals surface area contributed by atoms with E-state index in [0.717, 1.165) is 25.2 Å². The quantitative estimate of drug-likeness (QED) is 0.846. The van der Waals surface area contributed by atoms with Gasteiger partial charge in [0.15, 0.2) is 11.6 Å². The van der Waals surface area contributed by atoms with E-state index in [-0.39, 0.29) is 17.5 Å². The SMILES string of the molecule is O=C(c1ccccc1)N1CCN(CCOc2ccccc2F)CC1. The molecular formula is C19H21FN2O2. The van der Waals surface area contributed by atoms with Crippen molar-refractivity contribution in [3.63, 3.8) is 0 Å². The minimum absolute atomic E-state index is 0.0813. The molecule has 0 spiro atoms. The zero-order valence-electron chi connectivity index (χ0n) is 13.5. The van der Waals surface area contributed by atoms with Gasteiger partial charge in [-0.25, -0.2) is 4.39 Å². The van der Waals surface area contributed by atoms with Crippen molar-refractivity contribution in [2.24, 2.45) is 0 Å². The first kappa shape index (κ1) is 16.5. The summed E-state index contributed by atoms with van der Waals surface area (Å²) in [7, 11) is 0. The van der Waals surface area contributed by atoms with Crippen LogP contribution in [0.15, 0.2) is 54.6 Å². The highest BCUT2D eigenvalue weighted by atomic mass is 19.1. The first-order valence-corrected chi connectivity index (χ1v) is 8.18. The molecule has 0 aromatic heterocycles. The molecule has 4 nitrogen and oxygen atoms in total. The van der Waals surface area contributed by atoms with E-state index < -0.39 is 0 Å². The second-order valence-electron chi connectivity index (χ2n) is 5.78. The van der Waals surface area contributed by atoms with Crippen LogP contribution in [-0.4, -0.2) is 55.0 Å². The Balaban J connectivity index is 1.42. The van der Waals surface area contributed by atoms with Crippen LogP contribution < -0.4 is 4.74 Å². The molecule has 1 heterocycles. The van der Waals surface area contributed by atoms with Crippen LogP contribution in [0.2, 0.25) is 0 Å². The number of hydrogen-bond donors (Lipinski definition) is 0. The second-order valence-corrected chi connectivity index (χ2v) is 5.78. The fraction of sp³-hybridized carbons (Fsp3) is 0.316. The van der Waals surface area contributed by atoms with Gasteiger partial charge in [-0.05, 0) is 24.3 Å². The highest BCUT2D eigenvalue weighted by molar-refractivity contribution is 5.94. The number of benzene rings is 2. The summed E-state index contributed by atoms with van der Waals surface area (Å²) in [4.78, 5) is 16.5. The van der Waals surface area contributed by atoms with Gasteiger partial charge >= 0.3 is 0 Å². The molecule has 0 bridgehead atoms. The zero-order valence-corrected chi connectivity index (χ0v) is 13.5. The minimum atomic E-state index is -0.337. The molecule has 1 amide bonds. The molecule has 3 rings (SSSR count). The number of nitrogens with zero attached hydrogens (tertiary/aromatic N) is 2. The maximum Gasteiger partial charge on any atom is 0.253 e. The molecule has 24 heavy (non-hydrogen) atoms. The van der Waals surface area contributed by atoms with E-state index in [4.69, 9.17) is 4.74 Å². The number of rotatable bonds is 5. The Kier molecular flexibility index (Phi) is 5.43. The Hall–Kier alpha value is -2.40. The average molecular weight is 328 g/mol. The molecule has 1 aliphatic rings. The van der Waals surface area contributed by atoms with Crippen LogP contribution in [-0.2, 0) is 0 Å². The van der Waals surface area contributed by atoms with Crippen LogP contribution in [0.25, 0.3) is 0 Å². The molecule has 1 saturated heterocycles. The average Bonchev–Trinajstić information content (AvgIpc) is 2.64. The van der Waals surface area contributed by atoms with E-state index in [1.165, 1.54) is 6.07 Å². The van der Waals surface area contributed by atoms with Crippen LogP contribution in [0.5, 0.6) is 5.75 Å². The summed E-state index contributed by atoms with van der Waals surface area (Å²) < 4.78 is 19.0. The molecule has 0 radical (unpaired) electrons. The van der Waals surface area contributed by atoms with Crippen LogP contribution in [0.3, 0.4) is 0 Å². The Bertz CT molecular complexity index is 670. The zero-order chi connectivity index (χ0) is 16.8. The molecule has 0 unspecified atom stereocenters. The first-order valence-electron chi connectivity index (χ1n) is 8.18. The van der Waals surface area contributed by atoms with Gasteiger partial charge in [-0.15, -0.1) is 0 Å². The van der Waals surface area contributed by atoms with E-state index >= 15 is 0 Å². The number of ether oxygens (including phenoxy) is 1. The van der Waals surface area contributed by atoms with Crippen molar-refractivity contribution in [3.05, 3.63) is 66.0 Å². The first-order chi connectivity index (χ1) is 11.7. The summed E-state index contributed by atoms with van der Waals surface area (Å²) in [6, 6.07) is 15.8. The topological polar surface area (TPSA) is 32.8 Å². The molecule has 0 saturated carbocycles. The largest absolute Gasteiger partial charge is 0.489 e. The van der Waals surface area contributed by atoms with Crippen LogP contribution >= 0.6 is 0 Å². The van der Waals surface area contributed by atoms with Crippen molar-refractivity contribution in [2.75, 3.05) is 39.3 Å². The van der Waals surface area contributed by atoms with Gasteiger partial charge in [0.1, 0.15) is 6.61 Å². The molecule has 1 fully saturated rings. The van der Waals surface area contributed by atoms with Crippen molar-refractivity contribution in [1.29, 1.82) is 0 Å². The summed E-state index contributed by atoms with van der Waals surface area (Å²) in [5.41, 5.74) is 0.730. The van der Waals surface area contributed by atoms with Crippen molar-refractivity contribution in [2.45, 2.75) is 0 Å². The third-order valence-corrected chi connectivity index (χ3v) is 4.18. The van der Waals surface area contributed by atoms with Crippen LogP contribution in [0.4, 0.5) is 4.39 Å². The summed E-state index contributed by atoms with van der Waals surface area (Å²) in [5, 5.41) is 0. The van der Waals surface area contributed by atoms with E-state index in [9.17, 15) is 9.18 Å². The van der Waals surface area contributed by atoms with E-state index in [1.807, 2.05) is 35.2 Å². The third-order valence-electron chi connectivity index (χ3n) is 4.18. The predicted octanol–water partition coefficient (Wildman–Crippen LogP) is 2.66. The summed E-state index contributed by atoms with van der Waals surface area (Å²) >= 11 is 0. The van der Waals surface area contributed by atoms with Gasteiger partial charge in [0.2, 0.25) is 0 Å². The highest BCUT2D eigenvalue weighted by Gasteiger charge is 2.21. The van der Waals surface area contributed by atoms with E-state index in [2.05, 4.69) is 4.90 Å². The molecule has 0 aliphatic carbocycles. The third kappa shape index (κ3) is 4.11. The lowest BCUT2D eigenvalue weighted by molar-refractivity contribution is 0.0619. The van der Waals surface area contributed by atoms with Gasteiger partial charge in [0.25, 0.3) is 5.91 Å². The van der Waals surface area contributed by atoms with Crippen molar-refractivity contribution < 1.29 is 13.9 Å². The Morgan fingerprint density at radius 2 is 1.62 bits per heavy atom. The molecule has 126 valence electrons. The highest BCUT2D eigenvalue weighted by Crippen LogP contribution is 2.15. The normalized spacial score (nSPS) is 15.3. The van der Waals surface area contributed by atoms with Gasteiger partial charge in [0, 0.05) is 38.3 Å². The monoisotopic (exact) mass is 328 g/mol. The van der Waals surface area contributed by atoms with E-state index in [1.54, 1.807) is 18.2 Å². The standard InChI is InChI=1S/C19H21FN2O2/c20-17-8-4-5-9-18(17)24-15-14-21-10-12-22(13-11-21)19(23)16-6-2-1-3-7-16/h1-9H,10-15H2. The van der Waals surface area contributed by atoms with Gasteiger partial charge in [-0.3, -0.25) is 9.69 Å². The lowest BCUT2D eigenvalue weighted by atomic mass is 10.2.